The summed E-state index contributed by atoms with van der Waals surface area (Å²) in [6.07, 6.45) is 4.18. The third-order valence-corrected chi connectivity index (χ3v) is 7.23. The van der Waals surface area contributed by atoms with Gasteiger partial charge in [-0.1, -0.05) is 12.1 Å². The van der Waals surface area contributed by atoms with Gasteiger partial charge in [0.15, 0.2) is 0 Å². The molecule has 2 saturated heterocycles. The van der Waals surface area contributed by atoms with Crippen molar-refractivity contribution in [2.75, 3.05) is 0 Å². The molecule has 0 radical (unpaired) electrons. The SMILES string of the molecule is CC(C)(C)O[Si](C)(C)O[C@@H]1C[C@H]2CCCC(=O)N2[C@H](c2ccc(F)cc2)C1. The maximum absolute atomic E-state index is 13.4. The fourth-order valence-corrected chi connectivity index (χ4v) is 7.14. The molecule has 0 saturated carbocycles. The molecule has 6 heteroatoms. The first-order valence-corrected chi connectivity index (χ1v) is 12.8. The van der Waals surface area contributed by atoms with Gasteiger partial charge in [-0.15, -0.1) is 0 Å². The second kappa shape index (κ2) is 7.64. The molecule has 0 aromatic heterocycles. The van der Waals surface area contributed by atoms with Crippen LogP contribution in [0, 0.1) is 5.82 Å². The highest BCUT2D eigenvalue weighted by Crippen LogP contribution is 2.41. The van der Waals surface area contributed by atoms with Crippen molar-refractivity contribution in [1.29, 1.82) is 0 Å². The predicted molar refractivity (Wildman–Crippen MR) is 106 cm³/mol. The molecule has 0 N–H and O–H groups in total. The number of carbonyl (C=O) groups is 1. The van der Waals surface area contributed by atoms with Crippen molar-refractivity contribution in [3.8, 4) is 0 Å². The van der Waals surface area contributed by atoms with Gasteiger partial charge in [-0.25, -0.2) is 4.39 Å². The normalized spacial score (nSPS) is 26.8. The summed E-state index contributed by atoms with van der Waals surface area (Å²) in [5, 5.41) is 0. The van der Waals surface area contributed by atoms with Crippen LogP contribution in [0.4, 0.5) is 4.39 Å². The molecular weight excluding hydrogens is 361 g/mol. The van der Waals surface area contributed by atoms with E-state index in [0.29, 0.717) is 6.42 Å². The van der Waals surface area contributed by atoms with E-state index in [-0.39, 0.29) is 35.5 Å². The van der Waals surface area contributed by atoms with Crippen LogP contribution in [0.5, 0.6) is 0 Å². The van der Waals surface area contributed by atoms with Gasteiger partial charge in [-0.3, -0.25) is 4.79 Å². The van der Waals surface area contributed by atoms with Gasteiger partial charge in [0, 0.05) is 12.5 Å². The summed E-state index contributed by atoms with van der Waals surface area (Å²) in [4.78, 5) is 14.7. The van der Waals surface area contributed by atoms with Crippen molar-refractivity contribution in [3.05, 3.63) is 35.6 Å². The van der Waals surface area contributed by atoms with Crippen molar-refractivity contribution < 1.29 is 18.0 Å². The van der Waals surface area contributed by atoms with Crippen LogP contribution in [0.25, 0.3) is 0 Å². The first-order valence-electron chi connectivity index (χ1n) is 9.99. The highest BCUT2D eigenvalue weighted by molar-refractivity contribution is 6.64. The molecule has 2 aliphatic heterocycles. The minimum absolute atomic E-state index is 0.0521. The van der Waals surface area contributed by atoms with E-state index in [1.807, 2.05) is 4.90 Å². The molecule has 1 amide bonds. The van der Waals surface area contributed by atoms with Crippen LogP contribution in [0.1, 0.15) is 64.5 Å². The van der Waals surface area contributed by atoms with Gasteiger partial charge in [0.25, 0.3) is 0 Å². The van der Waals surface area contributed by atoms with Crippen molar-refractivity contribution in [2.45, 2.75) is 89.8 Å². The van der Waals surface area contributed by atoms with Crippen molar-refractivity contribution in [3.63, 3.8) is 0 Å². The smallest absolute Gasteiger partial charge is 0.332 e. The fourth-order valence-electron chi connectivity index (χ4n) is 4.62. The minimum Gasteiger partial charge on any atom is -0.391 e. The largest absolute Gasteiger partial charge is 0.391 e. The van der Waals surface area contributed by atoms with Gasteiger partial charge in [-0.05, 0) is 77.2 Å². The number of amides is 1. The molecule has 1 aromatic rings. The first kappa shape index (κ1) is 20.5. The fraction of sp³-hybridized carbons (Fsp3) is 0.667. The van der Waals surface area contributed by atoms with Gasteiger partial charge in [0.1, 0.15) is 5.82 Å². The second-order valence-corrected chi connectivity index (χ2v) is 12.5. The molecule has 0 spiro atoms. The van der Waals surface area contributed by atoms with Crippen molar-refractivity contribution >= 4 is 14.5 Å². The van der Waals surface area contributed by atoms with Crippen molar-refractivity contribution in [1.82, 2.24) is 4.90 Å². The third-order valence-electron chi connectivity index (χ3n) is 5.22. The number of carbonyl (C=O) groups excluding carboxylic acids is 1. The zero-order valence-electron chi connectivity index (χ0n) is 17.1. The molecule has 2 aliphatic rings. The Bertz CT molecular complexity index is 671. The van der Waals surface area contributed by atoms with E-state index >= 15 is 0 Å². The van der Waals surface area contributed by atoms with Gasteiger partial charge in [-0.2, -0.15) is 0 Å². The molecule has 0 bridgehead atoms. The van der Waals surface area contributed by atoms with Crippen LogP contribution < -0.4 is 0 Å². The Labute approximate surface area is 163 Å². The summed E-state index contributed by atoms with van der Waals surface area (Å²) in [6, 6.07) is 6.70. The molecule has 2 fully saturated rings. The van der Waals surface area contributed by atoms with Crippen molar-refractivity contribution in [2.24, 2.45) is 0 Å². The van der Waals surface area contributed by atoms with E-state index in [1.165, 1.54) is 12.1 Å². The summed E-state index contributed by atoms with van der Waals surface area (Å²) in [7, 11) is -2.30. The lowest BCUT2D eigenvalue weighted by atomic mass is 9.84. The molecule has 3 rings (SSSR count). The van der Waals surface area contributed by atoms with E-state index < -0.39 is 8.56 Å². The Kier molecular flexibility index (Phi) is 5.80. The van der Waals surface area contributed by atoms with Crippen LogP contribution in [0.3, 0.4) is 0 Å². The zero-order valence-corrected chi connectivity index (χ0v) is 18.1. The summed E-state index contributed by atoms with van der Waals surface area (Å²) in [5.41, 5.74) is 0.745. The zero-order chi connectivity index (χ0) is 19.8. The molecule has 2 heterocycles. The molecule has 4 nitrogen and oxygen atoms in total. The molecule has 1 aromatic carbocycles. The summed E-state index contributed by atoms with van der Waals surface area (Å²) >= 11 is 0. The Morgan fingerprint density at radius 1 is 1.15 bits per heavy atom. The van der Waals surface area contributed by atoms with Crippen LogP contribution in [-0.2, 0) is 13.6 Å². The summed E-state index contributed by atoms with van der Waals surface area (Å²) < 4.78 is 26.2. The maximum Gasteiger partial charge on any atom is 0.332 e. The lowest BCUT2D eigenvalue weighted by Gasteiger charge is -2.49. The van der Waals surface area contributed by atoms with Crippen LogP contribution >= 0.6 is 0 Å². The van der Waals surface area contributed by atoms with E-state index in [9.17, 15) is 9.18 Å². The predicted octanol–water partition coefficient (Wildman–Crippen LogP) is 4.94. The van der Waals surface area contributed by atoms with E-state index in [2.05, 4.69) is 33.9 Å². The van der Waals surface area contributed by atoms with Gasteiger partial charge < -0.3 is 13.8 Å². The standard InChI is InChI=1S/C21H32FNO3Si/c1-21(2,3)26-27(4,5)25-18-13-17-7-6-8-20(24)23(17)19(14-18)15-9-11-16(22)12-10-15/h9-12,17-19H,6-8,13-14H2,1-5H3/t17-,18-,19+/m1/s1. The first-order chi connectivity index (χ1) is 12.5. The number of fused-ring (bicyclic) bond motifs is 1. The average molecular weight is 394 g/mol. The number of piperidine rings is 2. The summed E-state index contributed by atoms with van der Waals surface area (Å²) in [5.74, 6) is -0.0440. The molecule has 0 aliphatic carbocycles. The number of benzene rings is 1. The number of hydrogen-bond acceptors (Lipinski definition) is 3. The lowest BCUT2D eigenvalue weighted by molar-refractivity contribution is -0.145. The number of halogens is 1. The molecule has 0 unspecified atom stereocenters. The van der Waals surface area contributed by atoms with Crippen LogP contribution in [0.15, 0.2) is 24.3 Å². The van der Waals surface area contributed by atoms with E-state index in [0.717, 1.165) is 31.2 Å². The quantitative estimate of drug-likeness (QED) is 0.680. The van der Waals surface area contributed by atoms with Gasteiger partial charge in [0.05, 0.1) is 17.7 Å². The average Bonchev–Trinajstić information content (AvgIpc) is 2.52. The Morgan fingerprint density at radius 2 is 1.81 bits per heavy atom. The van der Waals surface area contributed by atoms with Gasteiger partial charge in [0.2, 0.25) is 5.91 Å². The molecule has 27 heavy (non-hydrogen) atoms. The summed E-state index contributed by atoms with van der Waals surface area (Å²) in [6.45, 7) is 10.3. The lowest BCUT2D eigenvalue weighted by Crippen LogP contribution is -2.54. The number of hydrogen-bond donors (Lipinski definition) is 0. The topological polar surface area (TPSA) is 38.8 Å². The van der Waals surface area contributed by atoms with E-state index in [4.69, 9.17) is 8.85 Å². The van der Waals surface area contributed by atoms with Crippen LogP contribution in [0.2, 0.25) is 13.1 Å². The van der Waals surface area contributed by atoms with E-state index in [1.54, 1.807) is 12.1 Å². The van der Waals surface area contributed by atoms with Crippen LogP contribution in [-0.4, -0.2) is 37.1 Å². The molecule has 3 atom stereocenters. The molecule has 150 valence electrons. The Hall–Kier alpha value is -1.24. The highest BCUT2D eigenvalue weighted by atomic mass is 28.4. The molecular formula is C21H32FNO3Si. The number of nitrogens with zero attached hydrogens (tertiary/aromatic N) is 1. The monoisotopic (exact) mass is 393 g/mol. The Balaban J connectivity index is 1.82. The Morgan fingerprint density at radius 3 is 2.44 bits per heavy atom. The second-order valence-electron chi connectivity index (χ2n) is 9.24. The highest BCUT2D eigenvalue weighted by Gasteiger charge is 2.43. The number of rotatable bonds is 4. The third kappa shape index (κ3) is 5.18. The van der Waals surface area contributed by atoms with Gasteiger partial charge >= 0.3 is 8.56 Å². The minimum atomic E-state index is -2.30. The maximum atomic E-state index is 13.4.